The van der Waals surface area contributed by atoms with E-state index in [1.165, 1.54) is 0 Å². The van der Waals surface area contributed by atoms with Crippen LogP contribution in [-0.4, -0.2) is 43.3 Å². The highest BCUT2D eigenvalue weighted by Gasteiger charge is 2.30. The van der Waals surface area contributed by atoms with E-state index in [9.17, 15) is 4.79 Å². The van der Waals surface area contributed by atoms with Gasteiger partial charge in [-0.2, -0.15) is 10.1 Å². The summed E-state index contributed by atoms with van der Waals surface area (Å²) in [4.78, 5) is 19.2. The Labute approximate surface area is 158 Å². The van der Waals surface area contributed by atoms with E-state index in [1.807, 2.05) is 48.4 Å². The topological polar surface area (TPSA) is 77.0 Å². The summed E-state index contributed by atoms with van der Waals surface area (Å²) in [5, 5.41) is 8.44. The zero-order valence-electron chi connectivity index (χ0n) is 15.4. The minimum atomic E-state index is 0.0165. The molecule has 0 saturated carbocycles. The van der Waals surface area contributed by atoms with Crippen LogP contribution in [0.4, 0.5) is 0 Å². The molecule has 1 aliphatic rings. The van der Waals surface area contributed by atoms with E-state index in [0.29, 0.717) is 23.8 Å². The predicted molar refractivity (Wildman–Crippen MR) is 100 cm³/mol. The van der Waals surface area contributed by atoms with Gasteiger partial charge in [0.05, 0.1) is 0 Å². The lowest BCUT2D eigenvalue weighted by atomic mass is 10.1. The molecule has 1 aliphatic heterocycles. The van der Waals surface area contributed by atoms with E-state index in [2.05, 4.69) is 15.2 Å². The van der Waals surface area contributed by atoms with Crippen molar-refractivity contribution in [2.75, 3.05) is 6.54 Å². The second kappa shape index (κ2) is 7.73. The highest BCUT2D eigenvalue weighted by atomic mass is 16.5. The lowest BCUT2D eigenvalue weighted by molar-refractivity contribution is 0.0723. The number of likely N-dealkylation sites (tertiary alicyclic amines) is 1. The third-order valence-electron chi connectivity index (χ3n) is 5.01. The van der Waals surface area contributed by atoms with Gasteiger partial charge in [-0.15, -0.1) is 0 Å². The van der Waals surface area contributed by atoms with Gasteiger partial charge in [0.25, 0.3) is 11.8 Å². The molecule has 4 rings (SSSR count). The number of benzene rings is 1. The van der Waals surface area contributed by atoms with E-state index in [1.54, 1.807) is 10.7 Å². The van der Waals surface area contributed by atoms with Gasteiger partial charge < -0.3 is 9.42 Å². The molecular formula is C20H23N5O2. The van der Waals surface area contributed by atoms with Gasteiger partial charge in [-0.1, -0.05) is 23.4 Å². The van der Waals surface area contributed by atoms with E-state index in [0.717, 1.165) is 37.9 Å². The van der Waals surface area contributed by atoms with Crippen LogP contribution in [0.15, 0.2) is 47.1 Å². The predicted octanol–water partition coefficient (Wildman–Crippen LogP) is 3.19. The van der Waals surface area contributed by atoms with Crippen LogP contribution in [0.2, 0.25) is 0 Å². The minimum Gasteiger partial charge on any atom is -0.334 e. The second-order valence-electron chi connectivity index (χ2n) is 6.77. The maximum atomic E-state index is 12.8. The van der Waals surface area contributed by atoms with Gasteiger partial charge in [0.15, 0.2) is 5.82 Å². The van der Waals surface area contributed by atoms with E-state index in [4.69, 9.17) is 4.52 Å². The monoisotopic (exact) mass is 365 g/mol. The van der Waals surface area contributed by atoms with Crippen molar-refractivity contribution in [1.82, 2.24) is 24.8 Å². The fraction of sp³-hybridized carbons (Fsp3) is 0.400. The Morgan fingerprint density at radius 2 is 2.11 bits per heavy atom. The summed E-state index contributed by atoms with van der Waals surface area (Å²) >= 11 is 0. The number of carbonyl (C=O) groups excluding carboxylic acids is 1. The first-order valence-corrected chi connectivity index (χ1v) is 9.47. The van der Waals surface area contributed by atoms with Crippen molar-refractivity contribution in [3.8, 4) is 11.5 Å². The van der Waals surface area contributed by atoms with Gasteiger partial charge in [-0.25, -0.2) is 0 Å². The molecule has 3 aromatic rings. The van der Waals surface area contributed by atoms with Crippen molar-refractivity contribution in [2.45, 2.75) is 45.2 Å². The van der Waals surface area contributed by atoms with Crippen LogP contribution in [0.25, 0.3) is 11.5 Å². The van der Waals surface area contributed by atoms with Crippen molar-refractivity contribution < 1.29 is 9.32 Å². The molecule has 1 atom stereocenters. The number of aromatic nitrogens is 4. The standard InChI is InChI=1S/C20H23N5O2/c1-2-24-14-12-17(22-24)20(26)25-13-6-9-16(25)10-11-18-21-19(27-23-18)15-7-4-3-5-8-15/h3-5,7-8,12,14,16H,2,6,9-11,13H2,1H3. The summed E-state index contributed by atoms with van der Waals surface area (Å²) < 4.78 is 7.15. The Balaban J connectivity index is 1.39. The Morgan fingerprint density at radius 1 is 1.26 bits per heavy atom. The lowest BCUT2D eigenvalue weighted by Crippen LogP contribution is -2.36. The molecule has 140 valence electrons. The van der Waals surface area contributed by atoms with Gasteiger partial charge in [-0.05, 0) is 44.4 Å². The number of aryl methyl sites for hydroxylation is 2. The number of carbonyl (C=O) groups is 1. The molecule has 0 N–H and O–H groups in total. The smallest absolute Gasteiger partial charge is 0.274 e. The molecular weight excluding hydrogens is 342 g/mol. The number of rotatable bonds is 6. The second-order valence-corrected chi connectivity index (χ2v) is 6.77. The molecule has 1 saturated heterocycles. The average Bonchev–Trinajstić information content (AvgIpc) is 3.47. The molecule has 2 aromatic heterocycles. The largest absolute Gasteiger partial charge is 0.334 e. The van der Waals surface area contributed by atoms with Crippen LogP contribution in [0.1, 0.15) is 42.5 Å². The Bertz CT molecular complexity index is 902. The number of hydrogen-bond donors (Lipinski definition) is 0. The Kier molecular flexibility index (Phi) is 5.00. The first kappa shape index (κ1) is 17.5. The molecule has 0 bridgehead atoms. The molecule has 7 nitrogen and oxygen atoms in total. The molecule has 1 aromatic carbocycles. The molecule has 1 amide bonds. The van der Waals surface area contributed by atoms with Gasteiger partial charge >= 0.3 is 0 Å². The van der Waals surface area contributed by atoms with Gasteiger partial charge in [-0.3, -0.25) is 9.48 Å². The van der Waals surface area contributed by atoms with Gasteiger partial charge in [0.1, 0.15) is 5.69 Å². The van der Waals surface area contributed by atoms with Crippen molar-refractivity contribution in [3.63, 3.8) is 0 Å². The number of nitrogens with zero attached hydrogens (tertiary/aromatic N) is 5. The van der Waals surface area contributed by atoms with E-state index < -0.39 is 0 Å². The SMILES string of the molecule is CCn1ccc(C(=O)N2CCCC2CCc2noc(-c3ccccc3)n2)n1. The van der Waals surface area contributed by atoms with Crippen molar-refractivity contribution in [1.29, 1.82) is 0 Å². The number of amides is 1. The van der Waals surface area contributed by atoms with Crippen LogP contribution in [0.5, 0.6) is 0 Å². The van der Waals surface area contributed by atoms with E-state index >= 15 is 0 Å². The molecule has 1 unspecified atom stereocenters. The van der Waals surface area contributed by atoms with Gasteiger partial charge in [0.2, 0.25) is 0 Å². The molecule has 0 aliphatic carbocycles. The Hall–Kier alpha value is -2.96. The summed E-state index contributed by atoms with van der Waals surface area (Å²) in [7, 11) is 0. The summed E-state index contributed by atoms with van der Waals surface area (Å²) in [5.74, 6) is 1.24. The van der Waals surface area contributed by atoms with Crippen LogP contribution < -0.4 is 0 Å². The summed E-state index contributed by atoms with van der Waals surface area (Å²) in [5.41, 5.74) is 1.44. The molecule has 0 radical (unpaired) electrons. The van der Waals surface area contributed by atoms with Crippen molar-refractivity contribution in [2.24, 2.45) is 0 Å². The zero-order valence-corrected chi connectivity index (χ0v) is 15.4. The summed E-state index contributed by atoms with van der Waals surface area (Å²) in [6.07, 6.45) is 5.39. The minimum absolute atomic E-state index is 0.0165. The number of hydrogen-bond acceptors (Lipinski definition) is 5. The van der Waals surface area contributed by atoms with Crippen LogP contribution in [-0.2, 0) is 13.0 Å². The summed E-state index contributed by atoms with van der Waals surface area (Å²) in [6, 6.07) is 11.7. The zero-order chi connectivity index (χ0) is 18.6. The highest BCUT2D eigenvalue weighted by Crippen LogP contribution is 2.24. The Morgan fingerprint density at radius 3 is 2.89 bits per heavy atom. The maximum absolute atomic E-state index is 12.8. The first-order chi connectivity index (χ1) is 13.2. The van der Waals surface area contributed by atoms with E-state index in [-0.39, 0.29) is 11.9 Å². The summed E-state index contributed by atoms with van der Waals surface area (Å²) in [6.45, 7) is 3.55. The maximum Gasteiger partial charge on any atom is 0.274 e. The third-order valence-corrected chi connectivity index (χ3v) is 5.01. The first-order valence-electron chi connectivity index (χ1n) is 9.47. The highest BCUT2D eigenvalue weighted by molar-refractivity contribution is 5.92. The quantitative estimate of drug-likeness (QED) is 0.670. The third kappa shape index (κ3) is 3.77. The average molecular weight is 365 g/mol. The van der Waals surface area contributed by atoms with Crippen molar-refractivity contribution in [3.05, 3.63) is 54.1 Å². The van der Waals surface area contributed by atoms with Crippen molar-refractivity contribution >= 4 is 5.91 Å². The fourth-order valence-electron chi connectivity index (χ4n) is 3.55. The molecule has 3 heterocycles. The molecule has 0 spiro atoms. The molecule has 27 heavy (non-hydrogen) atoms. The normalized spacial score (nSPS) is 16.8. The van der Waals surface area contributed by atoms with Crippen LogP contribution in [0, 0.1) is 0 Å². The lowest BCUT2D eigenvalue weighted by Gasteiger charge is -2.23. The molecule has 7 heteroatoms. The fourth-order valence-corrected chi connectivity index (χ4v) is 3.55. The molecule has 1 fully saturated rings. The van der Waals surface area contributed by atoms with Crippen LogP contribution in [0.3, 0.4) is 0 Å². The van der Waals surface area contributed by atoms with Gasteiger partial charge in [0, 0.05) is 37.3 Å². The van der Waals surface area contributed by atoms with Crippen LogP contribution >= 0.6 is 0 Å².